The molecule has 144 valence electrons. The lowest BCUT2D eigenvalue weighted by Gasteiger charge is -2.12. The Hall–Kier alpha value is -2.46. The van der Waals surface area contributed by atoms with E-state index in [1.54, 1.807) is 26.4 Å². The summed E-state index contributed by atoms with van der Waals surface area (Å²) in [6, 6.07) is 13.1. The number of rotatable bonds is 8. The first kappa shape index (κ1) is 20.8. The van der Waals surface area contributed by atoms with Crippen molar-refractivity contribution in [2.45, 2.75) is 20.3 Å². The summed E-state index contributed by atoms with van der Waals surface area (Å²) < 4.78 is 10.6. The molecule has 0 radical (unpaired) electrons. The Bertz CT molecular complexity index is 798. The number of carbonyl (C=O) groups excluding carboxylic acids is 1. The quantitative estimate of drug-likeness (QED) is 0.664. The fourth-order valence-electron chi connectivity index (χ4n) is 2.72. The molecule has 0 atom stereocenters. The van der Waals surface area contributed by atoms with Crippen LogP contribution in [0.25, 0.3) is 5.57 Å². The number of amides is 1. The fraction of sp³-hybridized carbons (Fsp3) is 0.318. The molecule has 4 nitrogen and oxygen atoms in total. The third kappa shape index (κ3) is 6.04. The lowest BCUT2D eigenvalue weighted by Crippen LogP contribution is -2.26. The van der Waals surface area contributed by atoms with Crippen molar-refractivity contribution in [1.29, 1.82) is 0 Å². The van der Waals surface area contributed by atoms with Gasteiger partial charge in [-0.1, -0.05) is 49.7 Å². The largest absolute Gasteiger partial charge is 0.493 e. The summed E-state index contributed by atoms with van der Waals surface area (Å²) in [5.41, 5.74) is 2.58. The first-order chi connectivity index (χ1) is 12.9. The molecule has 0 aromatic heterocycles. The molecule has 0 aliphatic carbocycles. The topological polar surface area (TPSA) is 47.6 Å². The first-order valence-electron chi connectivity index (χ1n) is 8.91. The molecule has 2 rings (SSSR count). The molecule has 1 N–H and O–H groups in total. The zero-order valence-electron chi connectivity index (χ0n) is 16.2. The minimum absolute atomic E-state index is 0.0912. The van der Waals surface area contributed by atoms with Crippen molar-refractivity contribution in [3.05, 3.63) is 64.7 Å². The van der Waals surface area contributed by atoms with Crippen molar-refractivity contribution in [3.8, 4) is 11.5 Å². The number of ether oxygens (including phenoxy) is 2. The molecular weight excluding hydrogens is 362 g/mol. The molecule has 0 fully saturated rings. The van der Waals surface area contributed by atoms with Crippen LogP contribution in [0.15, 0.2) is 48.5 Å². The van der Waals surface area contributed by atoms with Gasteiger partial charge < -0.3 is 14.8 Å². The van der Waals surface area contributed by atoms with Crippen LogP contribution in [0.1, 0.15) is 25.0 Å². The van der Waals surface area contributed by atoms with Gasteiger partial charge in [0, 0.05) is 17.1 Å². The van der Waals surface area contributed by atoms with Crippen LogP contribution in [-0.4, -0.2) is 26.7 Å². The van der Waals surface area contributed by atoms with Crippen LogP contribution in [0, 0.1) is 5.92 Å². The van der Waals surface area contributed by atoms with Gasteiger partial charge in [-0.2, -0.15) is 0 Å². The molecule has 5 heteroatoms. The molecule has 0 saturated heterocycles. The number of hydrogen-bond acceptors (Lipinski definition) is 3. The van der Waals surface area contributed by atoms with E-state index in [2.05, 4.69) is 5.32 Å². The lowest BCUT2D eigenvalue weighted by atomic mass is 10.0. The van der Waals surface area contributed by atoms with E-state index < -0.39 is 0 Å². The Kier molecular flexibility index (Phi) is 7.74. The van der Waals surface area contributed by atoms with Gasteiger partial charge in [-0.25, -0.2) is 0 Å². The lowest BCUT2D eigenvalue weighted by molar-refractivity contribution is -0.115. The number of benzene rings is 2. The molecule has 0 heterocycles. The molecule has 1 amide bonds. The normalized spacial score (nSPS) is 11.4. The first-order valence-corrected chi connectivity index (χ1v) is 9.29. The maximum absolute atomic E-state index is 12.7. The maximum Gasteiger partial charge on any atom is 0.251 e. The molecule has 27 heavy (non-hydrogen) atoms. The molecular formula is C22H26ClNO3. The van der Waals surface area contributed by atoms with Gasteiger partial charge >= 0.3 is 0 Å². The van der Waals surface area contributed by atoms with Crippen LogP contribution in [0.5, 0.6) is 11.5 Å². The average Bonchev–Trinajstić information content (AvgIpc) is 2.66. The molecule has 0 saturated carbocycles. The molecule has 2 aromatic carbocycles. The van der Waals surface area contributed by atoms with Crippen molar-refractivity contribution in [1.82, 2.24) is 5.32 Å². The highest BCUT2D eigenvalue weighted by atomic mass is 35.5. The van der Waals surface area contributed by atoms with Gasteiger partial charge in [0.05, 0.1) is 14.2 Å². The smallest absolute Gasteiger partial charge is 0.251 e. The number of halogens is 1. The van der Waals surface area contributed by atoms with Crippen LogP contribution in [0.3, 0.4) is 0 Å². The number of allylic oxidation sites excluding steroid dienone is 1. The monoisotopic (exact) mass is 387 g/mol. The minimum Gasteiger partial charge on any atom is -0.493 e. The van der Waals surface area contributed by atoms with E-state index in [4.69, 9.17) is 21.1 Å². The fourth-order valence-corrected chi connectivity index (χ4v) is 2.84. The highest BCUT2D eigenvalue weighted by Crippen LogP contribution is 2.27. The van der Waals surface area contributed by atoms with Crippen molar-refractivity contribution >= 4 is 23.1 Å². The Morgan fingerprint density at radius 1 is 1.07 bits per heavy atom. The van der Waals surface area contributed by atoms with E-state index in [0.29, 0.717) is 35.1 Å². The van der Waals surface area contributed by atoms with Crippen molar-refractivity contribution in [2.75, 3.05) is 20.8 Å². The Morgan fingerprint density at radius 3 is 2.33 bits per heavy atom. The Morgan fingerprint density at radius 2 is 1.74 bits per heavy atom. The van der Waals surface area contributed by atoms with Gasteiger partial charge in [-0.3, -0.25) is 4.79 Å². The van der Waals surface area contributed by atoms with E-state index in [1.807, 2.05) is 50.3 Å². The highest BCUT2D eigenvalue weighted by Gasteiger charge is 2.13. The number of carbonyl (C=O) groups is 1. The standard InChI is InChI=1S/C22H26ClNO3/c1-15(2)13-19(17-6-8-18(23)9-7-17)22(25)24-12-11-16-5-10-20(26-3)21(14-16)27-4/h5-10,13-15H,11-12H2,1-4H3,(H,24,25). The molecule has 2 aromatic rings. The summed E-state index contributed by atoms with van der Waals surface area (Å²) in [4.78, 5) is 12.7. The summed E-state index contributed by atoms with van der Waals surface area (Å²) in [6.07, 6.45) is 2.66. The summed E-state index contributed by atoms with van der Waals surface area (Å²) >= 11 is 5.96. The third-order valence-electron chi connectivity index (χ3n) is 4.05. The average molecular weight is 388 g/mol. The number of methoxy groups -OCH3 is 2. The van der Waals surface area contributed by atoms with Crippen LogP contribution >= 0.6 is 11.6 Å². The summed E-state index contributed by atoms with van der Waals surface area (Å²) in [7, 11) is 3.22. The van der Waals surface area contributed by atoms with E-state index in [9.17, 15) is 4.79 Å². The zero-order valence-corrected chi connectivity index (χ0v) is 17.0. The Labute approximate surface area is 166 Å². The SMILES string of the molecule is COc1ccc(CCNC(=O)C(=CC(C)C)c2ccc(Cl)cc2)cc1OC. The van der Waals surface area contributed by atoms with Gasteiger partial charge in [0.25, 0.3) is 5.91 Å². The van der Waals surface area contributed by atoms with Crippen LogP contribution in [-0.2, 0) is 11.2 Å². The van der Waals surface area contributed by atoms with Gasteiger partial charge in [0.15, 0.2) is 11.5 Å². The molecule has 0 spiro atoms. The predicted octanol–water partition coefficient (Wildman–Crippen LogP) is 4.76. The summed E-state index contributed by atoms with van der Waals surface area (Å²) in [5, 5.41) is 3.65. The molecule has 0 unspecified atom stereocenters. The second-order valence-corrected chi connectivity index (χ2v) is 6.96. The van der Waals surface area contributed by atoms with Crippen LogP contribution < -0.4 is 14.8 Å². The second kappa shape index (κ2) is 10.0. The molecule has 0 aliphatic heterocycles. The molecule has 0 aliphatic rings. The number of nitrogens with one attached hydrogen (secondary N) is 1. The summed E-state index contributed by atoms with van der Waals surface area (Å²) in [5.74, 6) is 1.54. The molecule has 0 bridgehead atoms. The van der Waals surface area contributed by atoms with Gasteiger partial charge in [0.2, 0.25) is 0 Å². The summed E-state index contributed by atoms with van der Waals surface area (Å²) in [6.45, 7) is 4.62. The van der Waals surface area contributed by atoms with Crippen molar-refractivity contribution in [3.63, 3.8) is 0 Å². The Balaban J connectivity index is 2.05. The zero-order chi connectivity index (χ0) is 19.8. The minimum atomic E-state index is -0.0912. The van der Waals surface area contributed by atoms with Crippen molar-refractivity contribution in [2.24, 2.45) is 5.92 Å². The van der Waals surface area contributed by atoms with E-state index in [0.717, 1.165) is 11.1 Å². The second-order valence-electron chi connectivity index (χ2n) is 6.53. The van der Waals surface area contributed by atoms with Gasteiger partial charge in [0.1, 0.15) is 0 Å². The van der Waals surface area contributed by atoms with Crippen LogP contribution in [0.2, 0.25) is 5.02 Å². The van der Waals surface area contributed by atoms with E-state index in [1.165, 1.54) is 0 Å². The third-order valence-corrected chi connectivity index (χ3v) is 4.30. The predicted molar refractivity (Wildman–Crippen MR) is 111 cm³/mol. The van der Waals surface area contributed by atoms with Gasteiger partial charge in [-0.15, -0.1) is 0 Å². The van der Waals surface area contributed by atoms with E-state index in [-0.39, 0.29) is 11.8 Å². The van der Waals surface area contributed by atoms with Crippen LogP contribution in [0.4, 0.5) is 0 Å². The highest BCUT2D eigenvalue weighted by molar-refractivity contribution is 6.30. The maximum atomic E-state index is 12.7. The van der Waals surface area contributed by atoms with Crippen molar-refractivity contribution < 1.29 is 14.3 Å². The van der Waals surface area contributed by atoms with E-state index >= 15 is 0 Å². The van der Waals surface area contributed by atoms with Gasteiger partial charge in [-0.05, 0) is 47.7 Å². The number of hydrogen-bond donors (Lipinski definition) is 1.